The second-order valence-electron chi connectivity index (χ2n) is 9.66. The number of hydrogen-bond donors (Lipinski definition) is 1. The van der Waals surface area contributed by atoms with Gasteiger partial charge in [-0.3, -0.25) is 9.59 Å². The first-order chi connectivity index (χ1) is 16.1. The largest absolute Gasteiger partial charge is 0.350 e. The molecule has 5 heteroatoms. The zero-order valence-corrected chi connectivity index (χ0v) is 21.1. The predicted molar refractivity (Wildman–Crippen MR) is 139 cm³/mol. The summed E-state index contributed by atoms with van der Waals surface area (Å²) < 4.78 is 0. The van der Waals surface area contributed by atoms with Crippen LogP contribution in [0.2, 0.25) is 5.02 Å². The number of halogens is 1. The molecule has 3 rings (SSSR count). The minimum atomic E-state index is -0.670. The van der Waals surface area contributed by atoms with Crippen molar-refractivity contribution in [3.8, 4) is 0 Å². The molecule has 4 nitrogen and oxygen atoms in total. The van der Waals surface area contributed by atoms with E-state index in [-0.39, 0.29) is 18.2 Å². The minimum absolute atomic E-state index is 0.125. The predicted octanol–water partition coefficient (Wildman–Crippen LogP) is 5.75. The zero-order chi connectivity index (χ0) is 24.7. The summed E-state index contributed by atoms with van der Waals surface area (Å²) in [5.74, 6) is -0.307. The standard InChI is InChI=1S/C29H33ClN2O2/c1-21-12-8-9-16-24(21)20-32(27(33)19-23-15-10-11-17-25(23)30)26(28(34)31-29(2,3)4)18-22-13-6-5-7-14-22/h5-17,26H,18-20H2,1-4H3,(H,31,34)/t26-/m0/s1. The molecular formula is C29H33ClN2O2. The highest BCUT2D eigenvalue weighted by molar-refractivity contribution is 6.31. The lowest BCUT2D eigenvalue weighted by Crippen LogP contribution is -2.54. The zero-order valence-electron chi connectivity index (χ0n) is 20.3. The maximum Gasteiger partial charge on any atom is 0.243 e. The molecule has 0 aliphatic rings. The molecule has 3 aromatic carbocycles. The third kappa shape index (κ3) is 7.19. The van der Waals surface area contributed by atoms with Crippen molar-refractivity contribution in [2.75, 3.05) is 0 Å². The first kappa shape index (κ1) is 25.5. The Balaban J connectivity index is 2.01. The number of nitrogens with zero attached hydrogens (tertiary/aromatic N) is 1. The van der Waals surface area contributed by atoms with Gasteiger partial charge in [0.05, 0.1) is 6.42 Å². The summed E-state index contributed by atoms with van der Waals surface area (Å²) in [6, 6.07) is 24.5. The van der Waals surface area contributed by atoms with Gasteiger partial charge >= 0.3 is 0 Å². The van der Waals surface area contributed by atoms with Crippen LogP contribution in [0, 0.1) is 6.92 Å². The molecule has 1 atom stereocenters. The van der Waals surface area contributed by atoms with Crippen LogP contribution in [0.5, 0.6) is 0 Å². The third-order valence-corrected chi connectivity index (χ3v) is 6.04. The number of aryl methyl sites for hydroxylation is 1. The van der Waals surface area contributed by atoms with Crippen LogP contribution in [0.4, 0.5) is 0 Å². The monoisotopic (exact) mass is 476 g/mol. The van der Waals surface area contributed by atoms with Gasteiger partial charge in [0, 0.05) is 23.5 Å². The molecule has 0 spiro atoms. The van der Waals surface area contributed by atoms with Crippen LogP contribution in [-0.4, -0.2) is 28.3 Å². The van der Waals surface area contributed by atoms with Crippen LogP contribution >= 0.6 is 11.6 Å². The maximum absolute atomic E-state index is 13.8. The van der Waals surface area contributed by atoms with Gasteiger partial charge in [-0.25, -0.2) is 0 Å². The molecule has 0 unspecified atom stereocenters. The van der Waals surface area contributed by atoms with Crippen LogP contribution in [-0.2, 0) is 29.0 Å². The second-order valence-corrected chi connectivity index (χ2v) is 10.1. The average molecular weight is 477 g/mol. The molecule has 178 valence electrons. The van der Waals surface area contributed by atoms with Gasteiger partial charge in [-0.1, -0.05) is 84.4 Å². The van der Waals surface area contributed by atoms with E-state index in [1.54, 1.807) is 11.0 Å². The molecule has 0 radical (unpaired) electrons. The van der Waals surface area contributed by atoms with E-state index < -0.39 is 11.6 Å². The molecule has 2 amide bonds. The Bertz CT molecular complexity index is 1120. The van der Waals surface area contributed by atoms with Gasteiger partial charge in [-0.2, -0.15) is 0 Å². The van der Waals surface area contributed by atoms with E-state index >= 15 is 0 Å². The lowest BCUT2D eigenvalue weighted by atomic mass is 9.99. The number of carbonyl (C=O) groups excluding carboxylic acids is 2. The van der Waals surface area contributed by atoms with Gasteiger partial charge in [0.2, 0.25) is 11.8 Å². The van der Waals surface area contributed by atoms with Crippen LogP contribution < -0.4 is 5.32 Å². The maximum atomic E-state index is 13.8. The van der Waals surface area contributed by atoms with Crippen LogP contribution in [0.3, 0.4) is 0 Å². The summed E-state index contributed by atoms with van der Waals surface area (Å²) in [6.07, 6.45) is 0.544. The highest BCUT2D eigenvalue weighted by Gasteiger charge is 2.32. The normalized spacial score (nSPS) is 12.1. The molecule has 3 aromatic rings. The Morgan fingerprint density at radius 1 is 0.882 bits per heavy atom. The van der Waals surface area contributed by atoms with E-state index in [9.17, 15) is 9.59 Å². The molecule has 0 aromatic heterocycles. The Hall–Kier alpha value is -3.11. The first-order valence-electron chi connectivity index (χ1n) is 11.6. The molecule has 34 heavy (non-hydrogen) atoms. The van der Waals surface area contributed by atoms with Crippen LogP contribution in [0.25, 0.3) is 0 Å². The van der Waals surface area contributed by atoms with Crippen molar-refractivity contribution < 1.29 is 9.59 Å². The molecule has 0 bridgehead atoms. The molecule has 0 aliphatic carbocycles. The van der Waals surface area contributed by atoms with E-state index in [0.29, 0.717) is 18.0 Å². The van der Waals surface area contributed by atoms with Gasteiger partial charge in [0.15, 0.2) is 0 Å². The van der Waals surface area contributed by atoms with Crippen molar-refractivity contribution in [2.24, 2.45) is 0 Å². The fourth-order valence-electron chi connectivity index (χ4n) is 3.88. The van der Waals surface area contributed by atoms with Gasteiger partial charge in [-0.15, -0.1) is 0 Å². The highest BCUT2D eigenvalue weighted by atomic mass is 35.5. The summed E-state index contributed by atoms with van der Waals surface area (Å²) in [5.41, 5.74) is 3.41. The molecule has 0 heterocycles. The topological polar surface area (TPSA) is 49.4 Å². The van der Waals surface area contributed by atoms with E-state index in [1.165, 1.54) is 0 Å². The van der Waals surface area contributed by atoms with Gasteiger partial charge in [-0.05, 0) is 56.0 Å². The Kier molecular flexibility index (Phi) is 8.51. The summed E-state index contributed by atoms with van der Waals surface area (Å²) in [5, 5.41) is 3.64. The molecule has 0 aliphatic heterocycles. The SMILES string of the molecule is Cc1ccccc1CN(C(=O)Cc1ccccc1Cl)[C@@H](Cc1ccccc1)C(=O)NC(C)(C)C. The minimum Gasteiger partial charge on any atom is -0.350 e. The fourth-order valence-corrected chi connectivity index (χ4v) is 4.09. The number of carbonyl (C=O) groups is 2. The number of nitrogens with one attached hydrogen (secondary N) is 1. The van der Waals surface area contributed by atoms with Crippen LogP contribution in [0.15, 0.2) is 78.9 Å². The first-order valence-corrected chi connectivity index (χ1v) is 11.9. The van der Waals surface area contributed by atoms with Crippen molar-refractivity contribution in [1.29, 1.82) is 0 Å². The van der Waals surface area contributed by atoms with Crippen LogP contribution in [0.1, 0.15) is 43.0 Å². The second kappa shape index (κ2) is 11.3. The quantitative estimate of drug-likeness (QED) is 0.450. The number of amides is 2. The van der Waals surface area contributed by atoms with E-state index in [2.05, 4.69) is 5.32 Å². The molecule has 0 saturated carbocycles. The van der Waals surface area contributed by atoms with E-state index in [4.69, 9.17) is 11.6 Å². The smallest absolute Gasteiger partial charge is 0.243 e. The van der Waals surface area contributed by atoms with Gasteiger partial charge in [0.25, 0.3) is 0 Å². The Morgan fingerprint density at radius 2 is 1.47 bits per heavy atom. The van der Waals surface area contributed by atoms with Crippen molar-refractivity contribution in [2.45, 2.75) is 58.7 Å². The summed E-state index contributed by atoms with van der Waals surface area (Å²) in [7, 11) is 0. The molecule has 0 fully saturated rings. The van der Waals surface area contributed by atoms with Gasteiger partial charge < -0.3 is 10.2 Å². The molecule has 0 saturated heterocycles. The average Bonchev–Trinajstić information content (AvgIpc) is 2.78. The number of hydrogen-bond acceptors (Lipinski definition) is 2. The van der Waals surface area contributed by atoms with Crippen molar-refractivity contribution in [3.63, 3.8) is 0 Å². The third-order valence-electron chi connectivity index (χ3n) is 5.67. The summed E-state index contributed by atoms with van der Waals surface area (Å²) >= 11 is 6.37. The highest BCUT2D eigenvalue weighted by Crippen LogP contribution is 2.21. The van der Waals surface area contributed by atoms with Gasteiger partial charge in [0.1, 0.15) is 6.04 Å². The summed E-state index contributed by atoms with van der Waals surface area (Å²) in [4.78, 5) is 29.1. The Morgan fingerprint density at radius 3 is 2.09 bits per heavy atom. The Labute approximate surface area is 207 Å². The number of benzene rings is 3. The van der Waals surface area contributed by atoms with Crippen molar-refractivity contribution >= 4 is 23.4 Å². The van der Waals surface area contributed by atoms with E-state index in [0.717, 1.165) is 22.3 Å². The lowest BCUT2D eigenvalue weighted by molar-refractivity contribution is -0.141. The molecular weight excluding hydrogens is 444 g/mol. The fraction of sp³-hybridized carbons (Fsp3) is 0.310. The van der Waals surface area contributed by atoms with Crippen molar-refractivity contribution in [1.82, 2.24) is 10.2 Å². The van der Waals surface area contributed by atoms with E-state index in [1.807, 2.05) is 100 Å². The molecule has 1 N–H and O–H groups in total. The number of rotatable bonds is 8. The van der Waals surface area contributed by atoms with Crippen molar-refractivity contribution in [3.05, 3.63) is 106 Å². The lowest BCUT2D eigenvalue weighted by Gasteiger charge is -2.34. The summed E-state index contributed by atoms with van der Waals surface area (Å²) in [6.45, 7) is 8.20.